The van der Waals surface area contributed by atoms with Gasteiger partial charge in [-0.1, -0.05) is 6.92 Å². The van der Waals surface area contributed by atoms with Crippen molar-refractivity contribution >= 4 is 5.69 Å². The summed E-state index contributed by atoms with van der Waals surface area (Å²) in [5, 5.41) is 4.46. The Labute approximate surface area is 110 Å². The molecule has 2 N–H and O–H groups in total. The monoisotopic (exact) mass is 251 g/mol. The summed E-state index contributed by atoms with van der Waals surface area (Å²) in [6.45, 7) is 8.44. The summed E-state index contributed by atoms with van der Waals surface area (Å²) in [6.07, 6.45) is 5.06. The van der Waals surface area contributed by atoms with Crippen molar-refractivity contribution in [2.75, 3.05) is 5.73 Å². The minimum absolute atomic E-state index is 0.276. The maximum absolute atomic E-state index is 6.12. The second kappa shape index (κ2) is 5.21. The van der Waals surface area contributed by atoms with E-state index < -0.39 is 0 Å². The van der Waals surface area contributed by atoms with E-state index in [0.717, 1.165) is 30.3 Å². The van der Waals surface area contributed by atoms with Crippen molar-refractivity contribution in [2.45, 2.75) is 65.5 Å². The summed E-state index contributed by atoms with van der Waals surface area (Å²) in [4.78, 5) is 0. The fourth-order valence-electron chi connectivity index (χ4n) is 2.51. The molecule has 1 aromatic heterocycles. The van der Waals surface area contributed by atoms with Crippen molar-refractivity contribution in [3.63, 3.8) is 0 Å². The first-order chi connectivity index (χ1) is 8.49. The molecule has 0 bridgehead atoms. The van der Waals surface area contributed by atoms with Crippen LogP contribution >= 0.6 is 0 Å². The van der Waals surface area contributed by atoms with E-state index in [9.17, 15) is 0 Å². The van der Waals surface area contributed by atoms with Crippen LogP contribution in [-0.4, -0.2) is 15.9 Å². The van der Waals surface area contributed by atoms with E-state index >= 15 is 0 Å². The molecule has 0 saturated heterocycles. The summed E-state index contributed by atoms with van der Waals surface area (Å²) in [7, 11) is 0. The van der Waals surface area contributed by atoms with Crippen LogP contribution in [0.1, 0.15) is 58.2 Å². The summed E-state index contributed by atoms with van der Waals surface area (Å²) in [6, 6.07) is 0.276. The van der Waals surface area contributed by atoms with Gasteiger partial charge in [0.2, 0.25) is 5.88 Å². The third-order valence-corrected chi connectivity index (χ3v) is 3.82. The quantitative estimate of drug-likeness (QED) is 0.896. The smallest absolute Gasteiger partial charge is 0.236 e. The van der Waals surface area contributed by atoms with Gasteiger partial charge in [0.05, 0.1) is 11.7 Å². The number of nitrogens with zero attached hydrogens (tertiary/aromatic N) is 2. The number of hydrogen-bond acceptors (Lipinski definition) is 3. The highest BCUT2D eigenvalue weighted by Gasteiger charge is 2.23. The molecule has 1 aromatic rings. The average molecular weight is 251 g/mol. The number of anilines is 1. The van der Waals surface area contributed by atoms with Gasteiger partial charge in [-0.2, -0.15) is 5.10 Å². The van der Waals surface area contributed by atoms with E-state index in [1.54, 1.807) is 0 Å². The molecular formula is C14H25N3O. The van der Waals surface area contributed by atoms with Crippen molar-refractivity contribution in [2.24, 2.45) is 5.92 Å². The zero-order valence-electron chi connectivity index (χ0n) is 11.9. The molecule has 0 aromatic carbocycles. The molecule has 0 unspecified atom stereocenters. The number of rotatable bonds is 3. The fraction of sp³-hybridized carbons (Fsp3) is 0.786. The Bertz CT molecular complexity index is 403. The molecule has 0 atom stereocenters. The van der Waals surface area contributed by atoms with E-state index in [-0.39, 0.29) is 6.04 Å². The summed E-state index contributed by atoms with van der Waals surface area (Å²) in [5.74, 6) is 1.60. The number of aryl methyl sites for hydroxylation is 1. The summed E-state index contributed by atoms with van der Waals surface area (Å²) in [5.41, 5.74) is 7.64. The zero-order chi connectivity index (χ0) is 13.3. The van der Waals surface area contributed by atoms with Gasteiger partial charge in [-0.05, 0) is 52.4 Å². The zero-order valence-corrected chi connectivity index (χ0v) is 11.9. The molecule has 1 fully saturated rings. The second-order valence-corrected chi connectivity index (χ2v) is 5.84. The van der Waals surface area contributed by atoms with Crippen LogP contribution < -0.4 is 10.5 Å². The molecule has 0 aliphatic heterocycles. The lowest BCUT2D eigenvalue weighted by molar-refractivity contribution is 0.122. The van der Waals surface area contributed by atoms with Crippen molar-refractivity contribution in [3.05, 3.63) is 5.69 Å². The number of ether oxygens (including phenoxy) is 1. The highest BCUT2D eigenvalue weighted by Crippen LogP contribution is 2.32. The lowest BCUT2D eigenvalue weighted by atomic mass is 9.89. The minimum Gasteiger partial charge on any atom is -0.473 e. The van der Waals surface area contributed by atoms with E-state index in [2.05, 4.69) is 25.9 Å². The van der Waals surface area contributed by atoms with Gasteiger partial charge < -0.3 is 10.5 Å². The highest BCUT2D eigenvalue weighted by atomic mass is 16.5. The predicted molar refractivity (Wildman–Crippen MR) is 73.8 cm³/mol. The van der Waals surface area contributed by atoms with E-state index in [4.69, 9.17) is 10.5 Å². The molecule has 0 radical (unpaired) electrons. The van der Waals surface area contributed by atoms with Crippen LogP contribution in [0.4, 0.5) is 5.69 Å². The summed E-state index contributed by atoms with van der Waals surface area (Å²) < 4.78 is 8.03. The molecule has 1 heterocycles. The first kappa shape index (κ1) is 13.2. The van der Waals surface area contributed by atoms with Gasteiger partial charge in [0, 0.05) is 0 Å². The number of hydrogen-bond donors (Lipinski definition) is 1. The second-order valence-electron chi connectivity index (χ2n) is 5.84. The number of nitrogens with two attached hydrogens (primary N) is 1. The Morgan fingerprint density at radius 3 is 2.44 bits per heavy atom. The van der Waals surface area contributed by atoms with Crippen molar-refractivity contribution in [1.29, 1.82) is 0 Å². The van der Waals surface area contributed by atoms with Gasteiger partial charge in [-0.3, -0.25) is 0 Å². The first-order valence-electron chi connectivity index (χ1n) is 7.00. The molecule has 4 nitrogen and oxygen atoms in total. The van der Waals surface area contributed by atoms with Crippen molar-refractivity contribution in [3.8, 4) is 5.88 Å². The maximum Gasteiger partial charge on any atom is 0.236 e. The third-order valence-electron chi connectivity index (χ3n) is 3.82. The van der Waals surface area contributed by atoms with Crippen LogP contribution in [0.5, 0.6) is 5.88 Å². The van der Waals surface area contributed by atoms with Gasteiger partial charge in [0.1, 0.15) is 11.8 Å². The molecule has 1 aliphatic rings. The van der Waals surface area contributed by atoms with Crippen molar-refractivity contribution < 1.29 is 4.74 Å². The molecule has 1 saturated carbocycles. The molecule has 4 heteroatoms. The van der Waals surface area contributed by atoms with Crippen LogP contribution in [-0.2, 0) is 0 Å². The Morgan fingerprint density at radius 2 is 1.89 bits per heavy atom. The van der Waals surface area contributed by atoms with Gasteiger partial charge in [0.25, 0.3) is 0 Å². The van der Waals surface area contributed by atoms with Crippen LogP contribution in [0.3, 0.4) is 0 Å². The Morgan fingerprint density at radius 1 is 1.28 bits per heavy atom. The lowest BCUT2D eigenvalue weighted by Crippen LogP contribution is -2.24. The van der Waals surface area contributed by atoms with Crippen LogP contribution in [0, 0.1) is 12.8 Å². The van der Waals surface area contributed by atoms with Gasteiger partial charge in [-0.25, -0.2) is 4.68 Å². The molecule has 102 valence electrons. The number of nitrogen functional groups attached to an aromatic ring is 1. The normalized spacial score (nSPS) is 24.5. The van der Waals surface area contributed by atoms with Gasteiger partial charge >= 0.3 is 0 Å². The van der Waals surface area contributed by atoms with E-state index in [1.165, 1.54) is 12.8 Å². The minimum atomic E-state index is 0.276. The standard InChI is InChI=1S/C14H25N3O/c1-9(2)17-14(13(15)11(4)16-17)18-12-7-5-10(3)6-8-12/h9-10,12H,5-8,15H2,1-4H3. The average Bonchev–Trinajstić information content (AvgIpc) is 2.60. The van der Waals surface area contributed by atoms with Crippen LogP contribution in [0.15, 0.2) is 0 Å². The van der Waals surface area contributed by atoms with Crippen LogP contribution in [0.2, 0.25) is 0 Å². The van der Waals surface area contributed by atoms with E-state index in [0.29, 0.717) is 11.8 Å². The number of aromatic nitrogens is 2. The topological polar surface area (TPSA) is 53.1 Å². The molecule has 0 spiro atoms. The fourth-order valence-corrected chi connectivity index (χ4v) is 2.51. The van der Waals surface area contributed by atoms with Gasteiger partial charge in [-0.15, -0.1) is 0 Å². The highest BCUT2D eigenvalue weighted by molar-refractivity contribution is 5.52. The first-order valence-corrected chi connectivity index (χ1v) is 7.00. The predicted octanol–water partition coefficient (Wildman–Crippen LogP) is 3.31. The Hall–Kier alpha value is -1.19. The van der Waals surface area contributed by atoms with Gasteiger partial charge in [0.15, 0.2) is 0 Å². The largest absolute Gasteiger partial charge is 0.473 e. The summed E-state index contributed by atoms with van der Waals surface area (Å²) >= 11 is 0. The molecule has 1 aliphatic carbocycles. The van der Waals surface area contributed by atoms with Crippen LogP contribution in [0.25, 0.3) is 0 Å². The molecule has 2 rings (SSSR count). The lowest BCUT2D eigenvalue weighted by Gasteiger charge is -2.27. The third kappa shape index (κ3) is 2.62. The molecule has 18 heavy (non-hydrogen) atoms. The van der Waals surface area contributed by atoms with Crippen molar-refractivity contribution in [1.82, 2.24) is 9.78 Å². The SMILES string of the molecule is Cc1nn(C(C)C)c(OC2CCC(C)CC2)c1N. The Balaban J connectivity index is 2.13. The molecule has 0 amide bonds. The van der Waals surface area contributed by atoms with E-state index in [1.807, 2.05) is 11.6 Å². The Kier molecular flexibility index (Phi) is 3.83. The molecular weight excluding hydrogens is 226 g/mol. The maximum atomic E-state index is 6.12.